The number of pyridine rings is 1. The van der Waals surface area contributed by atoms with E-state index in [0.717, 1.165) is 56.7 Å². The number of H-pyrrole nitrogens is 3. The van der Waals surface area contributed by atoms with Crippen molar-refractivity contribution in [2.24, 2.45) is 5.73 Å². The lowest BCUT2D eigenvalue weighted by molar-refractivity contribution is 0.658. The lowest BCUT2D eigenvalue weighted by Gasteiger charge is -2.16. The van der Waals surface area contributed by atoms with Crippen molar-refractivity contribution in [3.8, 4) is 22.5 Å². The summed E-state index contributed by atoms with van der Waals surface area (Å²) in [4.78, 5) is 11.7. The minimum absolute atomic E-state index is 0.115. The Balaban J connectivity index is 1.37. The molecular formula is C28H27N7. The van der Waals surface area contributed by atoms with Gasteiger partial charge in [0.15, 0.2) is 0 Å². The van der Waals surface area contributed by atoms with Crippen LogP contribution in [0.1, 0.15) is 17.0 Å². The van der Waals surface area contributed by atoms with Crippen molar-refractivity contribution in [2.75, 3.05) is 5.73 Å². The van der Waals surface area contributed by atoms with Gasteiger partial charge in [0, 0.05) is 52.4 Å². The smallest absolute Gasteiger partial charge is 0.0947 e. The number of nitrogen functional groups attached to an aromatic ring is 1. The Kier molecular flexibility index (Phi) is 5.12. The molecule has 0 spiro atoms. The van der Waals surface area contributed by atoms with Gasteiger partial charge in [0.1, 0.15) is 0 Å². The van der Waals surface area contributed by atoms with E-state index in [4.69, 9.17) is 16.5 Å². The first-order chi connectivity index (χ1) is 17.1. The van der Waals surface area contributed by atoms with E-state index in [9.17, 15) is 0 Å². The Labute approximate surface area is 202 Å². The van der Waals surface area contributed by atoms with Crippen LogP contribution in [0.5, 0.6) is 0 Å². The van der Waals surface area contributed by atoms with Crippen LogP contribution in [0, 0.1) is 6.92 Å². The third-order valence-corrected chi connectivity index (χ3v) is 6.66. The van der Waals surface area contributed by atoms with Crippen molar-refractivity contribution >= 4 is 27.5 Å². The number of hydrogen-bond acceptors (Lipinski definition) is 4. The molecular weight excluding hydrogens is 434 g/mol. The Morgan fingerprint density at radius 1 is 0.943 bits per heavy atom. The van der Waals surface area contributed by atoms with E-state index in [1.807, 2.05) is 49.6 Å². The fourth-order valence-electron chi connectivity index (χ4n) is 4.84. The number of nitrogens with zero attached hydrogens (tertiary/aromatic N) is 2. The van der Waals surface area contributed by atoms with E-state index in [2.05, 4.69) is 50.5 Å². The van der Waals surface area contributed by atoms with Gasteiger partial charge >= 0.3 is 0 Å². The van der Waals surface area contributed by atoms with Crippen LogP contribution < -0.4 is 11.5 Å². The number of nitrogens with one attached hydrogen (secondary N) is 3. The topological polar surface area (TPSA) is 125 Å². The third-order valence-electron chi connectivity index (χ3n) is 6.66. The van der Waals surface area contributed by atoms with Crippen LogP contribution in [0.15, 0.2) is 73.1 Å². The molecule has 0 amide bonds. The zero-order valence-electron chi connectivity index (χ0n) is 19.5. The van der Waals surface area contributed by atoms with Crippen LogP contribution in [0.4, 0.5) is 5.69 Å². The predicted octanol–water partition coefficient (Wildman–Crippen LogP) is 5.10. The second-order valence-electron chi connectivity index (χ2n) is 9.11. The van der Waals surface area contributed by atoms with Gasteiger partial charge in [0.05, 0.1) is 28.3 Å². The highest BCUT2D eigenvalue weighted by atomic mass is 15.1. The van der Waals surface area contributed by atoms with Crippen LogP contribution in [0.25, 0.3) is 44.3 Å². The second kappa shape index (κ2) is 8.45. The summed E-state index contributed by atoms with van der Waals surface area (Å²) in [5, 5.41) is 9.70. The largest absolute Gasteiger partial charge is 0.397 e. The Hall–Kier alpha value is -4.36. The zero-order valence-corrected chi connectivity index (χ0v) is 19.5. The van der Waals surface area contributed by atoms with Gasteiger partial charge in [0.2, 0.25) is 0 Å². The number of hydrogen-bond donors (Lipinski definition) is 5. The standard InChI is InChI=1S/C28H27N7/c1-16-21-12-17(8-9-25(21)35-34-16)22-14-23(30)27(33-28(22)26-7-4-10-31-26)13-19(29)11-18-15-32-24-6-3-2-5-20(18)24/h2-10,12,14-15,19,31-32H,11,13,29-30H2,1H3,(H,34,35)/t19-/m0/s1. The van der Waals surface area contributed by atoms with E-state index in [1.165, 1.54) is 10.9 Å². The number of benzene rings is 2. The number of aryl methyl sites for hydroxylation is 1. The molecule has 174 valence electrons. The fraction of sp³-hybridized carbons (Fsp3) is 0.143. The maximum absolute atomic E-state index is 6.61. The minimum Gasteiger partial charge on any atom is -0.397 e. The van der Waals surface area contributed by atoms with Gasteiger partial charge in [-0.05, 0) is 60.9 Å². The summed E-state index contributed by atoms with van der Waals surface area (Å²) in [7, 11) is 0. The molecule has 6 rings (SSSR count). The number of aromatic nitrogens is 5. The van der Waals surface area contributed by atoms with Gasteiger partial charge in [-0.25, -0.2) is 4.98 Å². The average molecular weight is 462 g/mol. The molecule has 35 heavy (non-hydrogen) atoms. The van der Waals surface area contributed by atoms with E-state index >= 15 is 0 Å². The highest BCUT2D eigenvalue weighted by Gasteiger charge is 2.18. The Bertz CT molecular complexity index is 1640. The van der Waals surface area contributed by atoms with Crippen LogP contribution >= 0.6 is 0 Å². The monoisotopic (exact) mass is 461 g/mol. The zero-order chi connectivity index (χ0) is 23.9. The van der Waals surface area contributed by atoms with Crippen LogP contribution in [-0.2, 0) is 12.8 Å². The molecule has 2 aromatic carbocycles. The summed E-state index contributed by atoms with van der Waals surface area (Å²) < 4.78 is 0. The molecule has 7 N–H and O–H groups in total. The normalized spacial score (nSPS) is 12.5. The molecule has 0 aliphatic carbocycles. The molecule has 1 atom stereocenters. The predicted molar refractivity (Wildman–Crippen MR) is 142 cm³/mol. The van der Waals surface area contributed by atoms with Crippen molar-refractivity contribution < 1.29 is 0 Å². The van der Waals surface area contributed by atoms with Gasteiger partial charge in [0.25, 0.3) is 0 Å². The summed E-state index contributed by atoms with van der Waals surface area (Å²) in [6.07, 6.45) is 5.27. The number of fused-ring (bicyclic) bond motifs is 2. The summed E-state index contributed by atoms with van der Waals surface area (Å²) in [6.45, 7) is 2.02. The molecule has 0 fully saturated rings. The molecule has 0 saturated heterocycles. The fourth-order valence-corrected chi connectivity index (χ4v) is 4.84. The number of anilines is 1. The molecule has 0 unspecified atom stereocenters. The van der Waals surface area contributed by atoms with Crippen molar-refractivity contribution in [3.63, 3.8) is 0 Å². The summed E-state index contributed by atoms with van der Waals surface area (Å²) in [5.41, 5.74) is 22.7. The molecule has 0 aliphatic heterocycles. The van der Waals surface area contributed by atoms with Crippen molar-refractivity contribution in [1.82, 2.24) is 25.1 Å². The maximum atomic E-state index is 6.61. The molecule has 0 saturated carbocycles. The second-order valence-corrected chi connectivity index (χ2v) is 9.11. The highest BCUT2D eigenvalue weighted by molar-refractivity contribution is 5.90. The average Bonchev–Trinajstić information content (AvgIpc) is 3.61. The SMILES string of the molecule is Cc1[nH]nc2ccc(-c3cc(N)c(C[C@@H](N)Cc4c[nH]c5ccccc45)nc3-c3ccc[nH]3)cc12. The Morgan fingerprint density at radius 2 is 1.83 bits per heavy atom. The molecule has 7 heteroatoms. The molecule has 6 aromatic rings. The quantitative estimate of drug-likeness (QED) is 0.236. The first-order valence-electron chi connectivity index (χ1n) is 11.8. The van der Waals surface area contributed by atoms with Gasteiger partial charge in [-0.3, -0.25) is 5.10 Å². The summed E-state index contributed by atoms with van der Waals surface area (Å²) in [6, 6.07) is 20.4. The lowest BCUT2D eigenvalue weighted by Crippen LogP contribution is -2.26. The van der Waals surface area contributed by atoms with Crippen LogP contribution in [-0.4, -0.2) is 31.2 Å². The van der Waals surface area contributed by atoms with E-state index < -0.39 is 0 Å². The molecule has 0 aliphatic rings. The lowest BCUT2D eigenvalue weighted by atomic mass is 9.96. The number of nitrogens with two attached hydrogens (primary N) is 2. The summed E-state index contributed by atoms with van der Waals surface area (Å²) in [5.74, 6) is 0. The van der Waals surface area contributed by atoms with E-state index in [0.29, 0.717) is 12.1 Å². The maximum Gasteiger partial charge on any atom is 0.0947 e. The van der Waals surface area contributed by atoms with Crippen molar-refractivity contribution in [3.05, 3.63) is 90.0 Å². The summed E-state index contributed by atoms with van der Waals surface area (Å²) >= 11 is 0. The molecule has 0 radical (unpaired) electrons. The van der Waals surface area contributed by atoms with Crippen molar-refractivity contribution in [1.29, 1.82) is 0 Å². The first kappa shape index (κ1) is 21.2. The minimum atomic E-state index is -0.115. The van der Waals surface area contributed by atoms with Crippen LogP contribution in [0.3, 0.4) is 0 Å². The Morgan fingerprint density at radius 3 is 2.69 bits per heavy atom. The molecule has 4 heterocycles. The van der Waals surface area contributed by atoms with Crippen molar-refractivity contribution in [2.45, 2.75) is 25.8 Å². The van der Waals surface area contributed by atoms with Gasteiger partial charge in [-0.2, -0.15) is 5.10 Å². The number of aromatic amines is 3. The highest BCUT2D eigenvalue weighted by Crippen LogP contribution is 2.35. The molecule has 7 nitrogen and oxygen atoms in total. The molecule has 0 bridgehead atoms. The third kappa shape index (κ3) is 3.86. The number of para-hydroxylation sites is 1. The molecule has 4 aromatic heterocycles. The number of rotatable bonds is 6. The van der Waals surface area contributed by atoms with E-state index in [1.54, 1.807) is 0 Å². The first-order valence-corrected chi connectivity index (χ1v) is 11.8. The van der Waals surface area contributed by atoms with Crippen LogP contribution in [0.2, 0.25) is 0 Å². The van der Waals surface area contributed by atoms with E-state index in [-0.39, 0.29) is 6.04 Å². The van der Waals surface area contributed by atoms with Gasteiger partial charge in [-0.1, -0.05) is 24.3 Å². The van der Waals surface area contributed by atoms with Gasteiger partial charge in [-0.15, -0.1) is 0 Å². The van der Waals surface area contributed by atoms with Gasteiger partial charge < -0.3 is 21.4 Å².